The number of hydrogen-bond acceptors (Lipinski definition) is 3. The second kappa shape index (κ2) is 5.14. The maximum absolute atomic E-state index is 11.9. The van der Waals surface area contributed by atoms with Gasteiger partial charge >= 0.3 is 0 Å². The number of halogens is 2. The van der Waals surface area contributed by atoms with Gasteiger partial charge < -0.3 is 0 Å². The van der Waals surface area contributed by atoms with E-state index in [9.17, 15) is 4.79 Å². The van der Waals surface area contributed by atoms with Crippen molar-refractivity contribution in [1.29, 1.82) is 0 Å². The van der Waals surface area contributed by atoms with E-state index in [1.807, 2.05) is 28.7 Å². The van der Waals surface area contributed by atoms with Crippen molar-refractivity contribution in [3.8, 4) is 0 Å². The summed E-state index contributed by atoms with van der Waals surface area (Å²) in [5.74, 6) is 0.684. The van der Waals surface area contributed by atoms with Crippen LogP contribution in [0.1, 0.15) is 11.4 Å². The highest BCUT2D eigenvalue weighted by atomic mass is 127. The molecule has 0 saturated carbocycles. The van der Waals surface area contributed by atoms with Gasteiger partial charge in [-0.3, -0.25) is 9.36 Å². The molecule has 0 aromatic carbocycles. The van der Waals surface area contributed by atoms with Crippen LogP contribution in [0.4, 0.5) is 0 Å². The molecule has 2 heterocycles. The molecule has 0 fully saturated rings. The Morgan fingerprint density at radius 1 is 1.47 bits per heavy atom. The van der Waals surface area contributed by atoms with Gasteiger partial charge in [-0.05, 0) is 47.2 Å². The second-order valence-electron chi connectivity index (χ2n) is 3.53. The Kier molecular flexibility index (Phi) is 3.78. The summed E-state index contributed by atoms with van der Waals surface area (Å²) in [6.07, 6.45) is 3.20. The second-order valence-corrected chi connectivity index (χ2v) is 5.08. The lowest BCUT2D eigenvalue weighted by Gasteiger charge is -2.09. The molecule has 0 saturated heterocycles. The maximum atomic E-state index is 11.9. The van der Waals surface area contributed by atoms with E-state index >= 15 is 0 Å². The molecular weight excluding hydrogens is 352 g/mol. The largest absolute Gasteiger partial charge is 0.292 e. The van der Waals surface area contributed by atoms with Crippen LogP contribution in [0.5, 0.6) is 0 Å². The molecule has 2 aromatic heterocycles. The lowest BCUT2D eigenvalue weighted by Crippen LogP contribution is -2.26. The third-order valence-corrected chi connectivity index (χ3v) is 3.28. The zero-order valence-corrected chi connectivity index (χ0v) is 11.9. The molecule has 88 valence electrons. The summed E-state index contributed by atoms with van der Waals surface area (Å²) in [7, 11) is 0. The first-order chi connectivity index (χ1) is 8.08. The first-order valence-electron chi connectivity index (χ1n) is 4.90. The molecule has 2 rings (SSSR count). The van der Waals surface area contributed by atoms with Crippen molar-refractivity contribution >= 4 is 34.2 Å². The highest BCUT2D eigenvalue weighted by molar-refractivity contribution is 14.1. The quantitative estimate of drug-likeness (QED) is 0.609. The van der Waals surface area contributed by atoms with E-state index in [0.717, 1.165) is 5.56 Å². The minimum absolute atomic E-state index is 0.0361. The number of nitrogens with zero attached hydrogens (tertiary/aromatic N) is 3. The van der Waals surface area contributed by atoms with Gasteiger partial charge in [0.25, 0.3) is 5.56 Å². The van der Waals surface area contributed by atoms with Gasteiger partial charge in [0, 0.05) is 12.4 Å². The summed E-state index contributed by atoms with van der Waals surface area (Å²) in [6, 6.07) is 3.57. The van der Waals surface area contributed by atoms with E-state index in [2.05, 4.69) is 9.97 Å². The molecule has 0 N–H and O–H groups in total. The van der Waals surface area contributed by atoms with E-state index in [-0.39, 0.29) is 5.56 Å². The summed E-state index contributed by atoms with van der Waals surface area (Å²) in [5.41, 5.74) is 0.894. The summed E-state index contributed by atoms with van der Waals surface area (Å²) in [4.78, 5) is 20.0. The predicted octanol–water partition coefficient (Wildman–Crippen LogP) is 2.25. The highest BCUT2D eigenvalue weighted by Crippen LogP contribution is 2.09. The summed E-state index contributed by atoms with van der Waals surface area (Å²) >= 11 is 7.79. The molecule has 4 nitrogen and oxygen atoms in total. The molecule has 0 aliphatic carbocycles. The number of aromatic nitrogens is 3. The van der Waals surface area contributed by atoms with Crippen LogP contribution in [0.2, 0.25) is 5.15 Å². The average Bonchev–Trinajstić information content (AvgIpc) is 2.30. The van der Waals surface area contributed by atoms with Crippen molar-refractivity contribution in [2.75, 3.05) is 0 Å². The minimum atomic E-state index is -0.0361. The SMILES string of the molecule is Cc1ncc(I)c(=O)n1Cc1ccnc(Cl)c1. The fourth-order valence-electron chi connectivity index (χ4n) is 1.46. The van der Waals surface area contributed by atoms with Gasteiger partial charge in [0.15, 0.2) is 0 Å². The van der Waals surface area contributed by atoms with Gasteiger partial charge in [-0.2, -0.15) is 0 Å². The third kappa shape index (κ3) is 2.84. The van der Waals surface area contributed by atoms with E-state index < -0.39 is 0 Å². The Hall–Kier alpha value is -0.950. The van der Waals surface area contributed by atoms with Gasteiger partial charge in [0.1, 0.15) is 11.0 Å². The molecule has 6 heteroatoms. The normalized spacial score (nSPS) is 10.5. The molecule has 0 amide bonds. The van der Waals surface area contributed by atoms with Crippen LogP contribution in [-0.4, -0.2) is 14.5 Å². The van der Waals surface area contributed by atoms with Crippen LogP contribution in [0.15, 0.2) is 29.3 Å². The molecule has 2 aromatic rings. The number of rotatable bonds is 2. The molecule has 0 spiro atoms. The van der Waals surface area contributed by atoms with E-state index in [1.165, 1.54) is 0 Å². The Bertz CT molecular complexity index is 612. The number of aryl methyl sites for hydroxylation is 1. The standard InChI is InChI=1S/C11H9ClIN3O/c1-7-15-5-9(13)11(17)16(7)6-8-2-3-14-10(12)4-8/h2-5H,6H2,1H3. The Balaban J connectivity index is 2.43. The van der Waals surface area contributed by atoms with Crippen molar-refractivity contribution in [2.24, 2.45) is 0 Å². The van der Waals surface area contributed by atoms with Crippen LogP contribution in [0.3, 0.4) is 0 Å². The lowest BCUT2D eigenvalue weighted by atomic mass is 10.2. The van der Waals surface area contributed by atoms with Crippen molar-refractivity contribution in [3.05, 3.63) is 55.0 Å². The van der Waals surface area contributed by atoms with Crippen molar-refractivity contribution in [2.45, 2.75) is 13.5 Å². The van der Waals surface area contributed by atoms with E-state index in [1.54, 1.807) is 30.0 Å². The van der Waals surface area contributed by atoms with Crippen molar-refractivity contribution in [3.63, 3.8) is 0 Å². The monoisotopic (exact) mass is 361 g/mol. The van der Waals surface area contributed by atoms with Crippen LogP contribution in [0, 0.1) is 10.5 Å². The van der Waals surface area contributed by atoms with Crippen LogP contribution in [0.25, 0.3) is 0 Å². The topological polar surface area (TPSA) is 47.8 Å². The number of hydrogen-bond donors (Lipinski definition) is 0. The summed E-state index contributed by atoms with van der Waals surface area (Å²) in [6.45, 7) is 2.26. The zero-order valence-electron chi connectivity index (χ0n) is 9.02. The van der Waals surface area contributed by atoms with E-state index in [4.69, 9.17) is 11.6 Å². The van der Waals surface area contributed by atoms with Crippen LogP contribution < -0.4 is 5.56 Å². The van der Waals surface area contributed by atoms with Crippen molar-refractivity contribution < 1.29 is 0 Å². The summed E-state index contributed by atoms with van der Waals surface area (Å²) in [5, 5.41) is 0.423. The van der Waals surface area contributed by atoms with Crippen LogP contribution in [-0.2, 0) is 6.54 Å². The van der Waals surface area contributed by atoms with E-state index in [0.29, 0.717) is 21.1 Å². The number of pyridine rings is 1. The Morgan fingerprint density at radius 2 is 2.24 bits per heavy atom. The first kappa shape index (κ1) is 12.5. The van der Waals surface area contributed by atoms with Crippen LogP contribution >= 0.6 is 34.2 Å². The molecule has 0 aliphatic heterocycles. The third-order valence-electron chi connectivity index (χ3n) is 2.34. The van der Waals surface area contributed by atoms with Gasteiger partial charge in [0.2, 0.25) is 0 Å². The van der Waals surface area contributed by atoms with Gasteiger partial charge in [-0.15, -0.1) is 0 Å². The zero-order chi connectivity index (χ0) is 12.4. The molecule has 0 bridgehead atoms. The maximum Gasteiger partial charge on any atom is 0.267 e. The fourth-order valence-corrected chi connectivity index (χ4v) is 2.09. The van der Waals surface area contributed by atoms with Crippen molar-refractivity contribution in [1.82, 2.24) is 14.5 Å². The fraction of sp³-hybridized carbons (Fsp3) is 0.182. The lowest BCUT2D eigenvalue weighted by molar-refractivity contribution is 0.694. The van der Waals surface area contributed by atoms with Gasteiger partial charge in [-0.25, -0.2) is 9.97 Å². The van der Waals surface area contributed by atoms with Gasteiger partial charge in [-0.1, -0.05) is 11.6 Å². The molecule has 0 atom stereocenters. The molecule has 0 radical (unpaired) electrons. The smallest absolute Gasteiger partial charge is 0.267 e. The average molecular weight is 362 g/mol. The molecule has 0 aliphatic rings. The van der Waals surface area contributed by atoms with Gasteiger partial charge in [0.05, 0.1) is 10.1 Å². The predicted molar refractivity (Wildman–Crippen MR) is 74.3 cm³/mol. The summed E-state index contributed by atoms with van der Waals surface area (Å²) < 4.78 is 2.22. The molecule has 0 unspecified atom stereocenters. The Morgan fingerprint density at radius 3 is 2.94 bits per heavy atom. The molecule has 17 heavy (non-hydrogen) atoms. The highest BCUT2D eigenvalue weighted by Gasteiger charge is 2.06. The minimum Gasteiger partial charge on any atom is -0.292 e. The Labute approximate surface area is 117 Å². The molecular formula is C11H9ClIN3O. The first-order valence-corrected chi connectivity index (χ1v) is 6.36.